The van der Waals surface area contributed by atoms with E-state index < -0.39 is 27.1 Å². The summed E-state index contributed by atoms with van der Waals surface area (Å²) in [5, 5.41) is 26.5. The Kier molecular flexibility index (Phi) is 3.62. The van der Waals surface area contributed by atoms with Crippen LogP contribution in [-0.2, 0) is 0 Å². The maximum Gasteiger partial charge on any atom is 0.346 e. The summed E-state index contributed by atoms with van der Waals surface area (Å²) in [6.07, 6.45) is 1.55. The van der Waals surface area contributed by atoms with Crippen molar-refractivity contribution in [2.45, 2.75) is 0 Å². The van der Waals surface area contributed by atoms with Crippen molar-refractivity contribution in [2.75, 3.05) is 5.43 Å². The number of aromatic nitrogens is 2. The van der Waals surface area contributed by atoms with Gasteiger partial charge in [0.1, 0.15) is 0 Å². The Hall–Kier alpha value is -3.82. The van der Waals surface area contributed by atoms with Gasteiger partial charge in [-0.15, -0.1) is 0 Å². The highest BCUT2D eigenvalue weighted by Crippen LogP contribution is 2.27. The quantitative estimate of drug-likeness (QED) is 0.577. The fraction of sp³-hybridized carbons (Fsp3) is 0. The van der Waals surface area contributed by atoms with Crippen LogP contribution in [0.5, 0.6) is 0 Å². The highest BCUT2D eigenvalue weighted by Gasteiger charge is 2.25. The van der Waals surface area contributed by atoms with Gasteiger partial charge >= 0.3 is 11.4 Å². The van der Waals surface area contributed by atoms with Crippen molar-refractivity contribution in [3.8, 4) is 0 Å². The number of fused-ring (bicyclic) bond motifs is 1. The van der Waals surface area contributed by atoms with Gasteiger partial charge in [-0.05, 0) is 12.1 Å². The van der Waals surface area contributed by atoms with Crippen LogP contribution in [0, 0.1) is 20.2 Å². The van der Waals surface area contributed by atoms with E-state index in [2.05, 4.69) is 10.5 Å². The lowest BCUT2D eigenvalue weighted by molar-refractivity contribution is -0.422. The van der Waals surface area contributed by atoms with Gasteiger partial charge in [-0.2, -0.15) is 9.89 Å². The molecule has 0 bridgehead atoms. The second kappa shape index (κ2) is 5.76. The molecule has 0 spiro atoms. The molecule has 0 atom stereocenters. The van der Waals surface area contributed by atoms with E-state index in [1.807, 2.05) is 12.1 Å². The predicted molar refractivity (Wildman–Crippen MR) is 83.2 cm³/mol. The standard InChI is InChI=1S/C14H9N5O5/c20-14(16-17-11-4-2-1-3-10(11)8-15-17)9-5-6-12(18(21)22)13(7-9)19(23)24/h1-8H,(H,16,20). The summed E-state index contributed by atoms with van der Waals surface area (Å²) in [5.41, 5.74) is 1.59. The van der Waals surface area contributed by atoms with Gasteiger partial charge in [-0.3, -0.25) is 25.0 Å². The smallest absolute Gasteiger partial charge is 0.267 e. The van der Waals surface area contributed by atoms with Gasteiger partial charge < -0.3 is 0 Å². The van der Waals surface area contributed by atoms with Crippen LogP contribution in [0.3, 0.4) is 0 Å². The first-order chi connectivity index (χ1) is 11.5. The van der Waals surface area contributed by atoms with E-state index in [4.69, 9.17) is 0 Å². The highest BCUT2D eigenvalue weighted by atomic mass is 16.6. The van der Waals surface area contributed by atoms with Crippen LogP contribution in [0.4, 0.5) is 11.4 Å². The van der Waals surface area contributed by atoms with Crippen molar-refractivity contribution < 1.29 is 14.6 Å². The summed E-state index contributed by atoms with van der Waals surface area (Å²) < 4.78 is 0. The summed E-state index contributed by atoms with van der Waals surface area (Å²) in [7, 11) is 0. The van der Waals surface area contributed by atoms with Gasteiger partial charge in [0.05, 0.1) is 21.6 Å². The molecule has 120 valence electrons. The third-order valence-electron chi connectivity index (χ3n) is 3.32. The Bertz CT molecular complexity index is 981. The first kappa shape index (κ1) is 15.1. The monoisotopic (exact) mass is 327 g/mol. The number of carbonyl (C=O) groups excluding carboxylic acids is 1. The van der Waals surface area contributed by atoms with E-state index in [-0.39, 0.29) is 5.56 Å². The van der Waals surface area contributed by atoms with Crippen molar-refractivity contribution in [1.82, 2.24) is 9.89 Å². The Morgan fingerprint density at radius 1 is 1.04 bits per heavy atom. The molecule has 0 saturated carbocycles. The van der Waals surface area contributed by atoms with E-state index in [1.54, 1.807) is 18.3 Å². The third kappa shape index (κ3) is 2.63. The molecule has 0 fully saturated rings. The fourth-order valence-electron chi connectivity index (χ4n) is 2.19. The number of para-hydroxylation sites is 1. The number of nitrogens with one attached hydrogen (secondary N) is 1. The number of benzene rings is 2. The molecule has 1 aromatic heterocycles. The molecule has 0 aliphatic carbocycles. The van der Waals surface area contributed by atoms with Gasteiger partial charge in [0.25, 0.3) is 5.91 Å². The maximum absolute atomic E-state index is 12.2. The van der Waals surface area contributed by atoms with E-state index in [0.717, 1.165) is 23.6 Å². The zero-order valence-electron chi connectivity index (χ0n) is 11.9. The first-order valence-electron chi connectivity index (χ1n) is 6.64. The molecule has 0 unspecified atom stereocenters. The van der Waals surface area contributed by atoms with Crippen molar-refractivity contribution in [2.24, 2.45) is 0 Å². The van der Waals surface area contributed by atoms with Crippen LogP contribution in [-0.4, -0.2) is 25.6 Å². The number of nitro benzene ring substituents is 2. The molecule has 10 heteroatoms. The molecule has 24 heavy (non-hydrogen) atoms. The molecule has 2 aromatic carbocycles. The second-order valence-electron chi connectivity index (χ2n) is 4.77. The summed E-state index contributed by atoms with van der Waals surface area (Å²) in [5.74, 6) is -0.679. The lowest BCUT2D eigenvalue weighted by Gasteiger charge is -2.06. The molecule has 0 aliphatic rings. The van der Waals surface area contributed by atoms with Gasteiger partial charge in [0, 0.05) is 23.1 Å². The van der Waals surface area contributed by atoms with Gasteiger partial charge in [0.15, 0.2) is 0 Å². The second-order valence-corrected chi connectivity index (χ2v) is 4.77. The summed E-state index contributed by atoms with van der Waals surface area (Å²) >= 11 is 0. The van der Waals surface area contributed by atoms with Crippen LogP contribution in [0.2, 0.25) is 0 Å². The number of rotatable bonds is 4. The van der Waals surface area contributed by atoms with Crippen LogP contribution in [0.15, 0.2) is 48.7 Å². The molecule has 3 rings (SSSR count). The first-order valence-corrected chi connectivity index (χ1v) is 6.64. The highest BCUT2D eigenvalue weighted by molar-refractivity contribution is 6.01. The SMILES string of the molecule is O=C(Nn1ncc2ccccc21)c1ccc([N+](=O)[O-])c([N+](=O)[O-])c1. The Morgan fingerprint density at radius 2 is 1.75 bits per heavy atom. The average Bonchev–Trinajstić information content (AvgIpc) is 2.97. The summed E-state index contributed by atoms with van der Waals surface area (Å²) in [6, 6.07) is 10.1. The molecule has 10 nitrogen and oxygen atoms in total. The molecule has 1 N–H and O–H groups in total. The van der Waals surface area contributed by atoms with Gasteiger partial charge in [-0.1, -0.05) is 18.2 Å². The number of nitro groups is 2. The number of carbonyl (C=O) groups is 1. The normalized spacial score (nSPS) is 10.5. The van der Waals surface area contributed by atoms with E-state index >= 15 is 0 Å². The van der Waals surface area contributed by atoms with Crippen molar-refractivity contribution in [3.63, 3.8) is 0 Å². The number of hydrogen-bond donors (Lipinski definition) is 1. The number of hydrogen-bond acceptors (Lipinski definition) is 6. The molecule has 0 aliphatic heterocycles. The maximum atomic E-state index is 12.2. The predicted octanol–water partition coefficient (Wildman–Crippen LogP) is 2.24. The van der Waals surface area contributed by atoms with Crippen molar-refractivity contribution >= 4 is 28.2 Å². The van der Waals surface area contributed by atoms with Crippen molar-refractivity contribution in [3.05, 3.63) is 74.5 Å². The Morgan fingerprint density at radius 3 is 2.46 bits per heavy atom. The van der Waals surface area contributed by atoms with E-state index in [1.165, 1.54) is 4.79 Å². The number of nitrogens with zero attached hydrogens (tertiary/aromatic N) is 4. The molecular formula is C14H9N5O5. The minimum atomic E-state index is -0.905. The zero-order chi connectivity index (χ0) is 17.3. The van der Waals surface area contributed by atoms with E-state index in [0.29, 0.717) is 5.52 Å². The van der Waals surface area contributed by atoms with Gasteiger partial charge in [0.2, 0.25) is 0 Å². The van der Waals surface area contributed by atoms with Crippen molar-refractivity contribution in [1.29, 1.82) is 0 Å². The summed E-state index contributed by atoms with van der Waals surface area (Å²) in [4.78, 5) is 33.4. The molecule has 1 amide bonds. The largest absolute Gasteiger partial charge is 0.346 e. The summed E-state index contributed by atoms with van der Waals surface area (Å²) in [6.45, 7) is 0. The van der Waals surface area contributed by atoms with Gasteiger partial charge in [-0.25, -0.2) is 5.43 Å². The number of amides is 1. The minimum Gasteiger partial charge on any atom is -0.267 e. The molecular weight excluding hydrogens is 318 g/mol. The third-order valence-corrected chi connectivity index (χ3v) is 3.32. The van der Waals surface area contributed by atoms with E-state index in [9.17, 15) is 25.0 Å². The molecule has 0 saturated heterocycles. The fourth-order valence-corrected chi connectivity index (χ4v) is 2.19. The molecule has 1 heterocycles. The lowest BCUT2D eigenvalue weighted by atomic mass is 10.1. The Labute approximate surface area is 133 Å². The van der Waals surface area contributed by atoms with Crippen LogP contribution in [0.1, 0.15) is 10.4 Å². The topological polar surface area (TPSA) is 133 Å². The Balaban J connectivity index is 1.94. The molecule has 3 aromatic rings. The molecule has 0 radical (unpaired) electrons. The average molecular weight is 327 g/mol. The zero-order valence-corrected chi connectivity index (χ0v) is 11.9. The van der Waals surface area contributed by atoms with Crippen LogP contribution < -0.4 is 5.43 Å². The van der Waals surface area contributed by atoms with Crippen LogP contribution in [0.25, 0.3) is 10.9 Å². The minimum absolute atomic E-state index is 0.0909. The lowest BCUT2D eigenvalue weighted by Crippen LogP contribution is -2.23. The van der Waals surface area contributed by atoms with Crippen LogP contribution >= 0.6 is 0 Å².